The first kappa shape index (κ1) is 15.6. The van der Waals surface area contributed by atoms with E-state index in [1.165, 1.54) is 0 Å². The van der Waals surface area contributed by atoms with Crippen LogP contribution in [0.4, 0.5) is 4.79 Å². The topological polar surface area (TPSA) is 70.6 Å². The Morgan fingerprint density at radius 3 is 2.84 bits per heavy atom. The predicted molar refractivity (Wildman–Crippen MR) is 74.8 cm³/mol. The number of carbonyl (C=O) groups is 1. The molecular weight excluding hydrogens is 268 g/mol. The van der Waals surface area contributed by atoms with Crippen LogP contribution in [0.25, 0.3) is 0 Å². The number of hydrogen-bond donors (Lipinski definition) is 3. The number of hydrogen-bond acceptors (Lipinski definition) is 3. The highest BCUT2D eigenvalue weighted by atomic mass is 35.5. The molecule has 0 aliphatic carbocycles. The number of methoxy groups -OCH3 is 1. The molecule has 0 aliphatic rings. The lowest BCUT2D eigenvalue weighted by Crippen LogP contribution is -2.42. The molecule has 106 valence electrons. The first-order chi connectivity index (χ1) is 9.06. The standard InChI is InChI=1S/C13H19ClN2O3/c1-9(8-17)16-13(18)15-6-5-10-3-4-11(19-2)7-12(10)14/h3-4,7,9,17H,5-6,8H2,1-2H3,(H2,15,16,18). The summed E-state index contributed by atoms with van der Waals surface area (Å²) in [5.41, 5.74) is 0.943. The summed E-state index contributed by atoms with van der Waals surface area (Å²) >= 11 is 6.09. The van der Waals surface area contributed by atoms with E-state index in [0.717, 1.165) is 5.56 Å². The van der Waals surface area contributed by atoms with Gasteiger partial charge in [-0.15, -0.1) is 0 Å². The van der Waals surface area contributed by atoms with Crippen LogP contribution in [0.5, 0.6) is 5.75 Å². The van der Waals surface area contributed by atoms with Gasteiger partial charge in [-0.3, -0.25) is 0 Å². The molecule has 0 saturated carbocycles. The number of rotatable bonds is 6. The Morgan fingerprint density at radius 2 is 2.26 bits per heavy atom. The van der Waals surface area contributed by atoms with Crippen molar-refractivity contribution in [1.29, 1.82) is 0 Å². The molecule has 0 saturated heterocycles. The van der Waals surface area contributed by atoms with Gasteiger partial charge in [0, 0.05) is 11.6 Å². The number of benzene rings is 1. The van der Waals surface area contributed by atoms with Crippen molar-refractivity contribution >= 4 is 17.6 Å². The number of carbonyl (C=O) groups excluding carboxylic acids is 1. The fraction of sp³-hybridized carbons (Fsp3) is 0.462. The van der Waals surface area contributed by atoms with Gasteiger partial charge < -0.3 is 20.5 Å². The third kappa shape index (κ3) is 5.36. The third-order valence-corrected chi connectivity index (χ3v) is 2.94. The quantitative estimate of drug-likeness (QED) is 0.743. The largest absolute Gasteiger partial charge is 0.497 e. The Kier molecular flexibility index (Phi) is 6.45. The minimum Gasteiger partial charge on any atom is -0.497 e. The number of nitrogens with one attached hydrogen (secondary N) is 2. The first-order valence-corrected chi connectivity index (χ1v) is 6.42. The Bertz CT molecular complexity index is 426. The average molecular weight is 287 g/mol. The highest BCUT2D eigenvalue weighted by Gasteiger charge is 2.06. The summed E-state index contributed by atoms with van der Waals surface area (Å²) in [6, 6.07) is 4.88. The number of ether oxygens (including phenoxy) is 1. The summed E-state index contributed by atoms with van der Waals surface area (Å²) in [4.78, 5) is 11.4. The fourth-order valence-electron chi connectivity index (χ4n) is 1.49. The van der Waals surface area contributed by atoms with Crippen LogP contribution in [0.15, 0.2) is 18.2 Å². The van der Waals surface area contributed by atoms with Crippen LogP contribution >= 0.6 is 11.6 Å². The molecule has 6 heteroatoms. The van der Waals surface area contributed by atoms with Crippen LogP contribution in [-0.2, 0) is 6.42 Å². The molecule has 0 spiro atoms. The van der Waals surface area contributed by atoms with E-state index in [2.05, 4.69) is 10.6 Å². The van der Waals surface area contributed by atoms with Crippen molar-refractivity contribution in [3.8, 4) is 5.75 Å². The van der Waals surface area contributed by atoms with Crippen LogP contribution < -0.4 is 15.4 Å². The monoisotopic (exact) mass is 286 g/mol. The Morgan fingerprint density at radius 1 is 1.53 bits per heavy atom. The zero-order valence-corrected chi connectivity index (χ0v) is 11.8. The van der Waals surface area contributed by atoms with Crippen molar-refractivity contribution in [3.05, 3.63) is 28.8 Å². The molecular formula is C13H19ClN2O3. The van der Waals surface area contributed by atoms with Crippen molar-refractivity contribution in [2.75, 3.05) is 20.3 Å². The van der Waals surface area contributed by atoms with Crippen LogP contribution in [0.1, 0.15) is 12.5 Å². The second kappa shape index (κ2) is 7.86. The summed E-state index contributed by atoms with van der Waals surface area (Å²) in [6.45, 7) is 2.10. The van der Waals surface area contributed by atoms with Gasteiger partial charge in [0.25, 0.3) is 0 Å². The first-order valence-electron chi connectivity index (χ1n) is 6.04. The van der Waals surface area contributed by atoms with Crippen LogP contribution in [0.2, 0.25) is 5.02 Å². The normalized spacial score (nSPS) is 11.8. The molecule has 3 N–H and O–H groups in total. The third-order valence-electron chi connectivity index (χ3n) is 2.59. The van der Waals surface area contributed by atoms with Gasteiger partial charge in [-0.1, -0.05) is 17.7 Å². The molecule has 1 aromatic rings. The molecule has 0 aromatic heterocycles. The second-order valence-electron chi connectivity index (χ2n) is 4.19. The molecule has 5 nitrogen and oxygen atoms in total. The van der Waals surface area contributed by atoms with Gasteiger partial charge in [-0.05, 0) is 31.0 Å². The Labute approximate surface area is 117 Å². The molecule has 1 rings (SSSR count). The van der Waals surface area contributed by atoms with Gasteiger partial charge in [-0.2, -0.15) is 0 Å². The van der Waals surface area contributed by atoms with Crippen molar-refractivity contribution in [2.24, 2.45) is 0 Å². The molecule has 0 bridgehead atoms. The molecule has 0 aliphatic heterocycles. The van der Waals surface area contributed by atoms with Crippen LogP contribution in [0, 0.1) is 0 Å². The molecule has 1 atom stereocenters. The number of halogens is 1. The lowest BCUT2D eigenvalue weighted by Gasteiger charge is -2.12. The van der Waals surface area contributed by atoms with Crippen molar-refractivity contribution < 1.29 is 14.6 Å². The molecule has 0 radical (unpaired) electrons. The predicted octanol–water partition coefficient (Wildman–Crippen LogP) is 1.57. The van der Waals surface area contributed by atoms with E-state index < -0.39 is 0 Å². The Hall–Kier alpha value is -1.46. The molecule has 0 heterocycles. The molecule has 0 fully saturated rings. The molecule has 2 amide bonds. The number of aliphatic hydroxyl groups is 1. The van der Waals surface area contributed by atoms with E-state index in [1.807, 2.05) is 12.1 Å². The lowest BCUT2D eigenvalue weighted by atomic mass is 10.1. The van der Waals surface area contributed by atoms with Crippen LogP contribution in [-0.4, -0.2) is 37.4 Å². The molecule has 19 heavy (non-hydrogen) atoms. The average Bonchev–Trinajstić information content (AvgIpc) is 2.40. The van der Waals surface area contributed by atoms with E-state index in [1.54, 1.807) is 20.1 Å². The van der Waals surface area contributed by atoms with Gasteiger partial charge >= 0.3 is 6.03 Å². The van der Waals surface area contributed by atoms with E-state index >= 15 is 0 Å². The smallest absolute Gasteiger partial charge is 0.315 e. The number of aliphatic hydroxyl groups excluding tert-OH is 1. The second-order valence-corrected chi connectivity index (χ2v) is 4.60. The summed E-state index contributed by atoms with van der Waals surface area (Å²) in [5, 5.41) is 14.7. The van der Waals surface area contributed by atoms with E-state index in [-0.39, 0.29) is 18.7 Å². The summed E-state index contributed by atoms with van der Waals surface area (Å²) in [5.74, 6) is 0.705. The minimum absolute atomic E-state index is 0.0856. The highest BCUT2D eigenvalue weighted by molar-refractivity contribution is 6.31. The van der Waals surface area contributed by atoms with Gasteiger partial charge in [0.1, 0.15) is 5.75 Å². The Balaban J connectivity index is 2.39. The number of amides is 2. The SMILES string of the molecule is COc1ccc(CCNC(=O)NC(C)CO)c(Cl)c1. The van der Waals surface area contributed by atoms with Crippen molar-refractivity contribution in [3.63, 3.8) is 0 Å². The maximum Gasteiger partial charge on any atom is 0.315 e. The maximum absolute atomic E-state index is 11.4. The van der Waals surface area contributed by atoms with E-state index in [9.17, 15) is 4.79 Å². The van der Waals surface area contributed by atoms with Crippen molar-refractivity contribution in [2.45, 2.75) is 19.4 Å². The highest BCUT2D eigenvalue weighted by Crippen LogP contribution is 2.22. The lowest BCUT2D eigenvalue weighted by molar-refractivity contribution is 0.220. The van der Waals surface area contributed by atoms with E-state index in [4.69, 9.17) is 21.4 Å². The summed E-state index contributed by atoms with van der Waals surface area (Å²) in [6.07, 6.45) is 0.629. The van der Waals surface area contributed by atoms with Gasteiger partial charge in [0.2, 0.25) is 0 Å². The van der Waals surface area contributed by atoms with Gasteiger partial charge in [-0.25, -0.2) is 4.79 Å². The van der Waals surface area contributed by atoms with E-state index in [0.29, 0.717) is 23.7 Å². The zero-order valence-electron chi connectivity index (χ0n) is 11.1. The molecule has 1 aromatic carbocycles. The van der Waals surface area contributed by atoms with Gasteiger partial charge in [0.05, 0.1) is 19.8 Å². The summed E-state index contributed by atoms with van der Waals surface area (Å²) in [7, 11) is 1.58. The summed E-state index contributed by atoms with van der Waals surface area (Å²) < 4.78 is 5.06. The zero-order chi connectivity index (χ0) is 14.3. The van der Waals surface area contributed by atoms with Crippen LogP contribution in [0.3, 0.4) is 0 Å². The minimum atomic E-state index is -0.300. The van der Waals surface area contributed by atoms with Crippen molar-refractivity contribution in [1.82, 2.24) is 10.6 Å². The number of urea groups is 1. The molecule has 1 unspecified atom stereocenters. The maximum atomic E-state index is 11.4. The fourth-order valence-corrected chi connectivity index (χ4v) is 1.75. The van der Waals surface area contributed by atoms with Gasteiger partial charge in [0.15, 0.2) is 0 Å².